The van der Waals surface area contributed by atoms with Gasteiger partial charge in [0.15, 0.2) is 0 Å². The molecule has 1 aliphatic rings. The minimum Gasteiger partial charge on any atom is -0.298 e. The zero-order valence-corrected chi connectivity index (χ0v) is 13.6. The summed E-state index contributed by atoms with van der Waals surface area (Å²) in [6, 6.07) is 4.59. The van der Waals surface area contributed by atoms with Crippen LogP contribution in [0.3, 0.4) is 0 Å². The van der Waals surface area contributed by atoms with Gasteiger partial charge in [-0.2, -0.15) is 0 Å². The average Bonchev–Trinajstić information content (AvgIpc) is 3.12. The van der Waals surface area contributed by atoms with Gasteiger partial charge in [0.1, 0.15) is 5.01 Å². The molecule has 20 heavy (non-hydrogen) atoms. The second-order valence-electron chi connectivity index (χ2n) is 5.45. The van der Waals surface area contributed by atoms with Crippen molar-refractivity contribution >= 4 is 22.7 Å². The molecule has 3 nitrogen and oxygen atoms in total. The molecular formula is C15H21N3S2. The Morgan fingerprint density at radius 2 is 2.00 bits per heavy atom. The largest absolute Gasteiger partial charge is 0.298 e. The van der Waals surface area contributed by atoms with E-state index in [2.05, 4.69) is 34.0 Å². The molecule has 0 N–H and O–H groups in total. The van der Waals surface area contributed by atoms with Crippen molar-refractivity contribution in [3.63, 3.8) is 0 Å². The smallest absolute Gasteiger partial charge is 0.107 e. The molecule has 5 heteroatoms. The molecule has 0 atom stereocenters. The van der Waals surface area contributed by atoms with Crippen molar-refractivity contribution in [2.45, 2.75) is 32.5 Å². The summed E-state index contributed by atoms with van der Waals surface area (Å²) >= 11 is 3.69. The van der Waals surface area contributed by atoms with Crippen molar-refractivity contribution in [1.82, 2.24) is 14.8 Å². The molecule has 3 rings (SSSR count). The number of rotatable bonds is 6. The molecule has 0 saturated carbocycles. The van der Waals surface area contributed by atoms with Crippen LogP contribution in [0.5, 0.6) is 0 Å². The van der Waals surface area contributed by atoms with E-state index < -0.39 is 0 Å². The van der Waals surface area contributed by atoms with Gasteiger partial charge in [0, 0.05) is 34.4 Å². The number of hydrogen-bond donors (Lipinski definition) is 0. The Morgan fingerprint density at radius 1 is 1.20 bits per heavy atom. The fourth-order valence-electron chi connectivity index (χ4n) is 2.64. The maximum Gasteiger partial charge on any atom is 0.107 e. The Morgan fingerprint density at radius 3 is 2.75 bits per heavy atom. The fraction of sp³-hybridized carbons (Fsp3) is 0.533. The second-order valence-corrected chi connectivity index (χ2v) is 7.68. The van der Waals surface area contributed by atoms with E-state index in [9.17, 15) is 0 Å². The van der Waals surface area contributed by atoms with E-state index in [1.165, 1.54) is 40.7 Å². The van der Waals surface area contributed by atoms with Crippen molar-refractivity contribution in [2.24, 2.45) is 0 Å². The molecule has 0 aromatic carbocycles. The van der Waals surface area contributed by atoms with Crippen LogP contribution < -0.4 is 0 Å². The third-order valence-electron chi connectivity index (χ3n) is 3.61. The average molecular weight is 307 g/mol. The lowest BCUT2D eigenvalue weighted by Crippen LogP contribution is -2.17. The van der Waals surface area contributed by atoms with Crippen LogP contribution in [-0.4, -0.2) is 34.9 Å². The van der Waals surface area contributed by atoms with Crippen molar-refractivity contribution in [2.75, 3.05) is 20.1 Å². The standard InChI is InChI=1S/C15H21N3S2/c1-17(12-15-16-6-9-19-15)10-13-4-5-14(20-13)11-18-7-2-3-8-18/h4-6,9H,2-3,7-8,10-12H2,1H3. The first-order valence-corrected chi connectivity index (χ1v) is 8.86. The number of thiophene rings is 1. The first-order valence-electron chi connectivity index (χ1n) is 7.16. The van der Waals surface area contributed by atoms with Gasteiger partial charge in [-0.25, -0.2) is 4.98 Å². The Kier molecular flexibility index (Phi) is 4.83. The Hall–Kier alpha value is -0.750. The van der Waals surface area contributed by atoms with Gasteiger partial charge in [-0.3, -0.25) is 9.80 Å². The van der Waals surface area contributed by atoms with Gasteiger partial charge in [-0.15, -0.1) is 22.7 Å². The van der Waals surface area contributed by atoms with Crippen molar-refractivity contribution in [3.8, 4) is 0 Å². The zero-order chi connectivity index (χ0) is 13.8. The maximum atomic E-state index is 4.35. The van der Waals surface area contributed by atoms with Gasteiger partial charge in [-0.1, -0.05) is 0 Å². The highest BCUT2D eigenvalue weighted by molar-refractivity contribution is 7.12. The normalized spacial score (nSPS) is 16.3. The van der Waals surface area contributed by atoms with Crippen molar-refractivity contribution in [1.29, 1.82) is 0 Å². The van der Waals surface area contributed by atoms with Crippen LogP contribution in [0.25, 0.3) is 0 Å². The Labute approximate surface area is 128 Å². The molecule has 0 radical (unpaired) electrons. The van der Waals surface area contributed by atoms with Gasteiger partial charge in [0.05, 0.1) is 6.54 Å². The zero-order valence-electron chi connectivity index (χ0n) is 11.9. The van der Waals surface area contributed by atoms with E-state index in [0.717, 1.165) is 19.6 Å². The highest BCUT2D eigenvalue weighted by Gasteiger charge is 2.13. The summed E-state index contributed by atoms with van der Waals surface area (Å²) in [7, 11) is 2.17. The topological polar surface area (TPSA) is 19.4 Å². The van der Waals surface area contributed by atoms with E-state index >= 15 is 0 Å². The van der Waals surface area contributed by atoms with Crippen LogP contribution >= 0.6 is 22.7 Å². The van der Waals surface area contributed by atoms with E-state index in [1.54, 1.807) is 11.3 Å². The van der Waals surface area contributed by atoms with Gasteiger partial charge in [0.2, 0.25) is 0 Å². The SMILES string of the molecule is CN(Cc1ccc(CN2CCCC2)s1)Cc1nccs1. The van der Waals surface area contributed by atoms with Gasteiger partial charge < -0.3 is 0 Å². The first kappa shape index (κ1) is 14.2. The van der Waals surface area contributed by atoms with Crippen LogP contribution in [0.4, 0.5) is 0 Å². The number of nitrogens with zero attached hydrogens (tertiary/aromatic N) is 3. The Bertz CT molecular complexity index is 515. The third-order valence-corrected chi connectivity index (χ3v) is 5.43. The highest BCUT2D eigenvalue weighted by atomic mass is 32.1. The van der Waals surface area contributed by atoms with E-state index in [0.29, 0.717) is 0 Å². The van der Waals surface area contributed by atoms with Crippen molar-refractivity contribution < 1.29 is 0 Å². The van der Waals surface area contributed by atoms with Crippen LogP contribution in [0.2, 0.25) is 0 Å². The molecule has 0 unspecified atom stereocenters. The summed E-state index contributed by atoms with van der Waals surface area (Å²) in [4.78, 5) is 12.2. The molecule has 2 aromatic rings. The highest BCUT2D eigenvalue weighted by Crippen LogP contribution is 2.22. The monoisotopic (exact) mass is 307 g/mol. The number of hydrogen-bond acceptors (Lipinski definition) is 5. The number of thiazole rings is 1. The second kappa shape index (κ2) is 6.80. The molecule has 1 aliphatic heterocycles. The Balaban J connectivity index is 1.51. The van der Waals surface area contributed by atoms with Crippen LogP contribution in [0, 0.1) is 0 Å². The quantitative estimate of drug-likeness (QED) is 0.815. The van der Waals surface area contributed by atoms with Crippen LogP contribution in [-0.2, 0) is 19.6 Å². The van der Waals surface area contributed by atoms with Gasteiger partial charge in [-0.05, 0) is 45.1 Å². The van der Waals surface area contributed by atoms with E-state index in [-0.39, 0.29) is 0 Å². The molecule has 0 spiro atoms. The van der Waals surface area contributed by atoms with Gasteiger partial charge in [0.25, 0.3) is 0 Å². The molecule has 1 fully saturated rings. The van der Waals surface area contributed by atoms with Crippen molar-refractivity contribution in [3.05, 3.63) is 38.5 Å². The lowest BCUT2D eigenvalue weighted by atomic mass is 10.4. The summed E-state index contributed by atoms with van der Waals surface area (Å²) in [6.07, 6.45) is 4.62. The predicted molar refractivity (Wildman–Crippen MR) is 86.1 cm³/mol. The minimum atomic E-state index is 0.941. The minimum absolute atomic E-state index is 0.941. The fourth-order valence-corrected chi connectivity index (χ4v) is 4.47. The summed E-state index contributed by atoms with van der Waals surface area (Å²) in [5, 5.41) is 3.24. The molecule has 2 aromatic heterocycles. The summed E-state index contributed by atoms with van der Waals surface area (Å²) in [6.45, 7) is 5.65. The summed E-state index contributed by atoms with van der Waals surface area (Å²) in [5.74, 6) is 0. The molecule has 0 amide bonds. The third kappa shape index (κ3) is 3.88. The molecule has 108 valence electrons. The molecule has 1 saturated heterocycles. The lowest BCUT2D eigenvalue weighted by Gasteiger charge is -2.14. The van der Waals surface area contributed by atoms with Crippen LogP contribution in [0.15, 0.2) is 23.7 Å². The molecular weight excluding hydrogens is 286 g/mol. The maximum absolute atomic E-state index is 4.35. The predicted octanol–water partition coefficient (Wildman–Crippen LogP) is 3.43. The number of likely N-dealkylation sites (tertiary alicyclic amines) is 1. The van der Waals surface area contributed by atoms with Crippen LogP contribution in [0.1, 0.15) is 27.6 Å². The van der Waals surface area contributed by atoms with Gasteiger partial charge >= 0.3 is 0 Å². The summed E-state index contributed by atoms with van der Waals surface area (Å²) < 4.78 is 0. The number of aromatic nitrogens is 1. The molecule has 3 heterocycles. The lowest BCUT2D eigenvalue weighted by molar-refractivity contribution is 0.321. The molecule has 0 aliphatic carbocycles. The molecule has 0 bridgehead atoms. The first-order chi connectivity index (χ1) is 9.79. The summed E-state index contributed by atoms with van der Waals surface area (Å²) in [5.41, 5.74) is 0. The van der Waals surface area contributed by atoms with E-state index in [1.807, 2.05) is 22.9 Å². The van der Waals surface area contributed by atoms with E-state index in [4.69, 9.17) is 0 Å².